The molecule has 1 unspecified atom stereocenters. The van der Waals surface area contributed by atoms with Crippen LogP contribution in [0.25, 0.3) is 0 Å². The van der Waals surface area contributed by atoms with Gasteiger partial charge in [-0.3, -0.25) is 0 Å². The monoisotopic (exact) mass is 362 g/mol. The molecule has 1 heterocycles. The number of halogens is 1. The minimum Gasteiger partial charge on any atom is -0.494 e. The van der Waals surface area contributed by atoms with E-state index in [4.69, 9.17) is 4.74 Å². The number of likely N-dealkylation sites (N-methyl/N-ethyl adjacent to an activating group) is 1. The van der Waals surface area contributed by atoms with E-state index in [1.54, 1.807) is 31.3 Å². The van der Waals surface area contributed by atoms with Crippen molar-refractivity contribution >= 4 is 22.4 Å². The smallest absolute Gasteiger partial charge is 0.243 e. The molecule has 0 bridgehead atoms. The van der Waals surface area contributed by atoms with Gasteiger partial charge in [-0.05, 0) is 43.7 Å². The summed E-state index contributed by atoms with van der Waals surface area (Å²) in [4.78, 5) is 0.322. The second-order valence-corrected chi connectivity index (χ2v) is 7.69. The summed E-state index contributed by atoms with van der Waals surface area (Å²) in [5, 5.41) is 3.19. The van der Waals surface area contributed by atoms with Crippen LogP contribution in [0.3, 0.4) is 0 Å². The van der Waals surface area contributed by atoms with E-state index in [-0.39, 0.29) is 18.4 Å². The molecule has 7 heteroatoms. The van der Waals surface area contributed by atoms with Crippen LogP contribution in [-0.4, -0.2) is 45.5 Å². The number of rotatable bonds is 8. The third-order valence-corrected chi connectivity index (χ3v) is 5.99. The molecule has 1 fully saturated rings. The van der Waals surface area contributed by atoms with Crippen LogP contribution in [0.4, 0.5) is 0 Å². The van der Waals surface area contributed by atoms with Crippen molar-refractivity contribution in [3.8, 4) is 5.75 Å². The van der Waals surface area contributed by atoms with Crippen molar-refractivity contribution in [1.82, 2.24) is 9.62 Å². The summed E-state index contributed by atoms with van der Waals surface area (Å²) in [5.41, 5.74) is 0. The SMILES string of the molecule is CCCCCOc1ccc(S(=O)(=O)N(C)C2CCNC2)cc1.Cl. The maximum Gasteiger partial charge on any atom is 0.243 e. The zero-order chi connectivity index (χ0) is 16.0. The highest BCUT2D eigenvalue weighted by atomic mass is 35.5. The molecule has 0 aromatic heterocycles. The number of benzene rings is 1. The molecule has 1 aromatic rings. The predicted molar refractivity (Wildman–Crippen MR) is 94.9 cm³/mol. The highest BCUT2D eigenvalue weighted by Crippen LogP contribution is 2.22. The molecule has 1 atom stereocenters. The van der Waals surface area contributed by atoms with Crippen molar-refractivity contribution in [2.24, 2.45) is 0 Å². The van der Waals surface area contributed by atoms with Gasteiger partial charge in [0.1, 0.15) is 5.75 Å². The van der Waals surface area contributed by atoms with E-state index in [1.165, 1.54) is 4.31 Å². The molecule has 0 amide bonds. The summed E-state index contributed by atoms with van der Waals surface area (Å²) in [7, 11) is -1.78. The van der Waals surface area contributed by atoms with E-state index in [0.29, 0.717) is 18.0 Å². The van der Waals surface area contributed by atoms with Crippen molar-refractivity contribution in [3.63, 3.8) is 0 Å². The number of unbranched alkanes of at least 4 members (excludes halogenated alkanes) is 2. The third-order valence-electron chi connectivity index (χ3n) is 4.07. The molecule has 1 N–H and O–H groups in total. The molecule has 0 aliphatic carbocycles. The van der Waals surface area contributed by atoms with Gasteiger partial charge in [-0.1, -0.05) is 19.8 Å². The lowest BCUT2D eigenvalue weighted by molar-refractivity contribution is 0.306. The van der Waals surface area contributed by atoms with E-state index in [1.807, 2.05) is 0 Å². The number of ether oxygens (including phenoxy) is 1. The number of hydrogen-bond acceptors (Lipinski definition) is 4. The van der Waals surface area contributed by atoms with Crippen LogP contribution >= 0.6 is 12.4 Å². The number of nitrogens with zero attached hydrogens (tertiary/aromatic N) is 1. The quantitative estimate of drug-likeness (QED) is 0.722. The predicted octanol–water partition coefficient (Wildman–Crippen LogP) is 2.66. The van der Waals surface area contributed by atoms with Crippen molar-refractivity contribution in [3.05, 3.63) is 24.3 Å². The summed E-state index contributed by atoms with van der Waals surface area (Å²) in [5.74, 6) is 0.722. The number of sulfonamides is 1. The number of nitrogens with one attached hydrogen (secondary N) is 1. The van der Waals surface area contributed by atoms with Gasteiger partial charge in [-0.15, -0.1) is 12.4 Å². The Hall–Kier alpha value is -0.820. The lowest BCUT2D eigenvalue weighted by Gasteiger charge is -2.23. The van der Waals surface area contributed by atoms with Gasteiger partial charge < -0.3 is 10.1 Å². The summed E-state index contributed by atoms with van der Waals surface area (Å²) in [6.07, 6.45) is 4.18. The van der Waals surface area contributed by atoms with Gasteiger partial charge in [0.25, 0.3) is 0 Å². The van der Waals surface area contributed by atoms with Crippen LogP contribution in [0.1, 0.15) is 32.6 Å². The van der Waals surface area contributed by atoms with Crippen LogP contribution in [0.2, 0.25) is 0 Å². The third kappa shape index (κ3) is 5.35. The Morgan fingerprint density at radius 3 is 2.52 bits per heavy atom. The fourth-order valence-corrected chi connectivity index (χ4v) is 3.95. The summed E-state index contributed by atoms with van der Waals surface area (Å²) >= 11 is 0. The normalized spacial score (nSPS) is 18.0. The van der Waals surface area contributed by atoms with Gasteiger partial charge in [0.15, 0.2) is 0 Å². The topological polar surface area (TPSA) is 58.6 Å². The molecular weight excluding hydrogens is 336 g/mol. The molecule has 1 aliphatic rings. The largest absolute Gasteiger partial charge is 0.494 e. The Morgan fingerprint density at radius 1 is 1.26 bits per heavy atom. The first-order valence-corrected chi connectivity index (χ1v) is 9.41. The van der Waals surface area contributed by atoms with Crippen molar-refractivity contribution in [2.75, 3.05) is 26.7 Å². The first-order chi connectivity index (χ1) is 10.6. The van der Waals surface area contributed by atoms with Crippen LogP contribution in [-0.2, 0) is 10.0 Å². The summed E-state index contributed by atoms with van der Waals surface area (Å²) < 4.78 is 32.3. The lowest BCUT2D eigenvalue weighted by atomic mass is 10.3. The molecule has 5 nitrogen and oxygen atoms in total. The molecule has 132 valence electrons. The molecule has 1 aromatic carbocycles. The van der Waals surface area contributed by atoms with Gasteiger partial charge in [0.05, 0.1) is 11.5 Å². The highest BCUT2D eigenvalue weighted by Gasteiger charge is 2.29. The van der Waals surface area contributed by atoms with E-state index >= 15 is 0 Å². The van der Waals surface area contributed by atoms with Gasteiger partial charge in [-0.25, -0.2) is 8.42 Å². The van der Waals surface area contributed by atoms with Crippen LogP contribution < -0.4 is 10.1 Å². The summed E-state index contributed by atoms with van der Waals surface area (Å²) in [6, 6.07) is 6.77. The van der Waals surface area contributed by atoms with Crippen molar-refractivity contribution < 1.29 is 13.2 Å². The Balaban J connectivity index is 0.00000264. The highest BCUT2D eigenvalue weighted by molar-refractivity contribution is 7.89. The minimum atomic E-state index is -3.43. The zero-order valence-electron chi connectivity index (χ0n) is 13.8. The molecule has 1 aliphatic heterocycles. The fourth-order valence-electron chi connectivity index (χ4n) is 2.56. The summed E-state index contributed by atoms with van der Waals surface area (Å²) in [6.45, 7) is 4.41. The maximum absolute atomic E-state index is 12.6. The van der Waals surface area contributed by atoms with Crippen molar-refractivity contribution in [2.45, 2.75) is 43.5 Å². The van der Waals surface area contributed by atoms with E-state index in [0.717, 1.165) is 38.0 Å². The van der Waals surface area contributed by atoms with E-state index in [9.17, 15) is 8.42 Å². The maximum atomic E-state index is 12.6. The molecule has 0 saturated carbocycles. The molecular formula is C16H27ClN2O3S. The molecule has 23 heavy (non-hydrogen) atoms. The second-order valence-electron chi connectivity index (χ2n) is 5.69. The van der Waals surface area contributed by atoms with Gasteiger partial charge in [0, 0.05) is 19.6 Å². The van der Waals surface area contributed by atoms with Gasteiger partial charge in [-0.2, -0.15) is 4.31 Å². The zero-order valence-corrected chi connectivity index (χ0v) is 15.5. The molecule has 2 rings (SSSR count). The fraction of sp³-hybridized carbons (Fsp3) is 0.625. The standard InChI is InChI=1S/C16H26N2O3S.ClH/c1-3-4-5-12-21-15-6-8-16(9-7-15)22(19,20)18(2)14-10-11-17-13-14;/h6-9,14,17H,3-5,10-13H2,1-2H3;1H. The Kier molecular flexibility index (Phi) is 8.33. The van der Waals surface area contributed by atoms with Crippen molar-refractivity contribution in [1.29, 1.82) is 0 Å². The lowest BCUT2D eigenvalue weighted by Crippen LogP contribution is -2.38. The second kappa shape index (κ2) is 9.47. The number of hydrogen-bond donors (Lipinski definition) is 1. The van der Waals surface area contributed by atoms with Crippen LogP contribution in [0, 0.1) is 0 Å². The van der Waals surface area contributed by atoms with E-state index < -0.39 is 10.0 Å². The van der Waals surface area contributed by atoms with Crippen LogP contribution in [0.15, 0.2) is 29.2 Å². The van der Waals surface area contributed by atoms with Gasteiger partial charge >= 0.3 is 0 Å². The first-order valence-electron chi connectivity index (χ1n) is 7.97. The van der Waals surface area contributed by atoms with E-state index in [2.05, 4.69) is 12.2 Å². The average Bonchev–Trinajstić information content (AvgIpc) is 3.05. The average molecular weight is 363 g/mol. The molecule has 0 radical (unpaired) electrons. The molecule has 0 spiro atoms. The Labute approximate surface area is 145 Å². The minimum absolute atomic E-state index is 0. The Morgan fingerprint density at radius 2 is 1.96 bits per heavy atom. The molecule has 1 saturated heterocycles. The van der Waals surface area contributed by atoms with Crippen LogP contribution in [0.5, 0.6) is 5.75 Å². The first kappa shape index (κ1) is 20.2. The van der Waals surface area contributed by atoms with Gasteiger partial charge in [0.2, 0.25) is 10.0 Å². The Bertz CT molecular complexity index is 557.